The van der Waals surface area contributed by atoms with Crippen molar-refractivity contribution < 1.29 is 4.79 Å². The molecule has 0 bridgehead atoms. The van der Waals surface area contributed by atoms with Crippen LogP contribution in [0.2, 0.25) is 10.0 Å². The Kier molecular flexibility index (Phi) is 5.45. The highest BCUT2D eigenvalue weighted by molar-refractivity contribution is 6.42. The number of rotatable bonds is 4. The molecule has 142 valence electrons. The molecule has 0 spiro atoms. The molecule has 2 aliphatic rings. The zero-order valence-electron chi connectivity index (χ0n) is 15.4. The molecule has 0 heterocycles. The van der Waals surface area contributed by atoms with Gasteiger partial charge in [-0.3, -0.25) is 4.79 Å². The molecule has 1 saturated carbocycles. The minimum absolute atomic E-state index is 0.0361. The lowest BCUT2D eigenvalue weighted by Crippen LogP contribution is -2.39. The smallest absolute Gasteiger partial charge is 0.251 e. The van der Waals surface area contributed by atoms with Crippen molar-refractivity contribution in [1.82, 2.24) is 10.6 Å². The van der Waals surface area contributed by atoms with Crippen LogP contribution in [0.25, 0.3) is 0 Å². The van der Waals surface area contributed by atoms with Crippen LogP contribution in [-0.4, -0.2) is 19.0 Å². The third-order valence-corrected chi connectivity index (χ3v) is 6.72. The van der Waals surface area contributed by atoms with Crippen LogP contribution < -0.4 is 10.6 Å². The molecule has 3 nitrogen and oxygen atoms in total. The van der Waals surface area contributed by atoms with Crippen LogP contribution in [0.3, 0.4) is 0 Å². The first-order valence-electron chi connectivity index (χ1n) is 9.63. The number of carbonyl (C=O) groups excluding carboxylic acids is 1. The lowest BCUT2D eigenvalue weighted by atomic mass is 9.76. The number of amides is 1. The van der Waals surface area contributed by atoms with E-state index >= 15 is 0 Å². The number of nitrogens with one attached hydrogen (secondary N) is 2. The van der Waals surface area contributed by atoms with E-state index in [-0.39, 0.29) is 17.9 Å². The average Bonchev–Trinajstić information content (AvgIpc) is 2.65. The fourth-order valence-corrected chi connectivity index (χ4v) is 4.48. The van der Waals surface area contributed by atoms with E-state index in [9.17, 15) is 4.79 Å². The van der Waals surface area contributed by atoms with Crippen molar-refractivity contribution in [1.29, 1.82) is 0 Å². The zero-order valence-corrected chi connectivity index (χ0v) is 16.9. The standard InChI is InChI=1S/C22H24Cl2N2O/c1-25-21-10-8-16(13-6-9-19(23)20(24)12-13)17-7-5-14(11-18(17)21)22(27)26-15-3-2-4-15/h5-7,9,11-12,15-16,21,25H,2-4,8,10H2,1H3,(H,26,27). The van der Waals surface area contributed by atoms with Crippen molar-refractivity contribution in [2.75, 3.05) is 7.05 Å². The van der Waals surface area contributed by atoms with Gasteiger partial charge in [-0.1, -0.05) is 35.3 Å². The highest BCUT2D eigenvalue weighted by Gasteiger charge is 2.29. The van der Waals surface area contributed by atoms with E-state index in [1.165, 1.54) is 23.1 Å². The molecule has 2 aromatic carbocycles. The van der Waals surface area contributed by atoms with E-state index < -0.39 is 0 Å². The summed E-state index contributed by atoms with van der Waals surface area (Å²) >= 11 is 12.3. The van der Waals surface area contributed by atoms with Gasteiger partial charge in [-0.15, -0.1) is 0 Å². The topological polar surface area (TPSA) is 41.1 Å². The largest absolute Gasteiger partial charge is 0.349 e. The summed E-state index contributed by atoms with van der Waals surface area (Å²) in [6.07, 6.45) is 5.44. The maximum Gasteiger partial charge on any atom is 0.251 e. The second-order valence-electron chi connectivity index (χ2n) is 7.59. The third kappa shape index (κ3) is 3.73. The molecule has 27 heavy (non-hydrogen) atoms. The molecule has 0 saturated heterocycles. The first-order chi connectivity index (χ1) is 13.1. The molecule has 2 N–H and O–H groups in total. The van der Waals surface area contributed by atoms with Gasteiger partial charge in [-0.05, 0) is 80.1 Å². The van der Waals surface area contributed by atoms with E-state index in [1.807, 2.05) is 25.2 Å². The lowest BCUT2D eigenvalue weighted by molar-refractivity contribution is 0.0917. The van der Waals surface area contributed by atoms with E-state index in [0.717, 1.165) is 31.2 Å². The zero-order chi connectivity index (χ0) is 19.0. The van der Waals surface area contributed by atoms with Gasteiger partial charge in [0.25, 0.3) is 5.91 Å². The van der Waals surface area contributed by atoms with Gasteiger partial charge in [0.15, 0.2) is 0 Å². The van der Waals surface area contributed by atoms with E-state index in [1.54, 1.807) is 0 Å². The number of hydrogen-bond donors (Lipinski definition) is 2. The van der Waals surface area contributed by atoms with Crippen molar-refractivity contribution in [3.63, 3.8) is 0 Å². The Morgan fingerprint density at radius 3 is 2.44 bits per heavy atom. The van der Waals surface area contributed by atoms with Crippen LogP contribution >= 0.6 is 23.2 Å². The van der Waals surface area contributed by atoms with Gasteiger partial charge in [0.05, 0.1) is 10.0 Å². The summed E-state index contributed by atoms with van der Waals surface area (Å²) < 4.78 is 0. The Hall–Kier alpha value is -1.55. The molecule has 2 aromatic rings. The van der Waals surface area contributed by atoms with Crippen LogP contribution in [-0.2, 0) is 0 Å². The lowest BCUT2D eigenvalue weighted by Gasteiger charge is -2.32. The Balaban J connectivity index is 1.67. The SMILES string of the molecule is CNC1CCC(c2ccc(Cl)c(Cl)c2)c2ccc(C(=O)NC3CCC3)cc21. The van der Waals surface area contributed by atoms with Gasteiger partial charge in [0.1, 0.15) is 0 Å². The molecule has 1 fully saturated rings. The summed E-state index contributed by atoms with van der Waals surface area (Å²) in [7, 11) is 1.98. The van der Waals surface area contributed by atoms with Crippen molar-refractivity contribution >= 4 is 29.1 Å². The van der Waals surface area contributed by atoms with Crippen LogP contribution in [0.1, 0.15) is 71.1 Å². The second-order valence-corrected chi connectivity index (χ2v) is 8.40. The van der Waals surface area contributed by atoms with E-state index in [4.69, 9.17) is 23.2 Å². The fraction of sp³-hybridized carbons (Fsp3) is 0.409. The van der Waals surface area contributed by atoms with Crippen molar-refractivity contribution in [3.8, 4) is 0 Å². The summed E-state index contributed by atoms with van der Waals surface area (Å²) in [6.45, 7) is 0. The first kappa shape index (κ1) is 18.8. The third-order valence-electron chi connectivity index (χ3n) is 5.98. The molecule has 0 aliphatic heterocycles. The quantitative estimate of drug-likeness (QED) is 0.712. The number of benzene rings is 2. The monoisotopic (exact) mass is 402 g/mol. The maximum atomic E-state index is 12.6. The molecule has 2 aliphatic carbocycles. The minimum Gasteiger partial charge on any atom is -0.349 e. The predicted molar refractivity (Wildman–Crippen MR) is 111 cm³/mol. The summed E-state index contributed by atoms with van der Waals surface area (Å²) in [5.74, 6) is 0.303. The van der Waals surface area contributed by atoms with Gasteiger partial charge in [0.2, 0.25) is 0 Å². The average molecular weight is 403 g/mol. The summed E-state index contributed by atoms with van der Waals surface area (Å²) in [6, 6.07) is 12.6. The maximum absolute atomic E-state index is 12.6. The fourth-order valence-electron chi connectivity index (χ4n) is 4.18. The van der Waals surface area contributed by atoms with E-state index in [2.05, 4.69) is 28.8 Å². The molecule has 1 amide bonds. The number of halogens is 2. The molecule has 0 radical (unpaired) electrons. The highest BCUT2D eigenvalue weighted by Crippen LogP contribution is 2.42. The van der Waals surface area contributed by atoms with Gasteiger partial charge in [-0.25, -0.2) is 0 Å². The summed E-state index contributed by atoms with van der Waals surface area (Å²) in [5.41, 5.74) is 4.39. The summed E-state index contributed by atoms with van der Waals surface area (Å²) in [4.78, 5) is 12.6. The van der Waals surface area contributed by atoms with E-state index in [0.29, 0.717) is 16.1 Å². The first-order valence-corrected chi connectivity index (χ1v) is 10.4. The Morgan fingerprint density at radius 1 is 0.963 bits per heavy atom. The van der Waals surface area contributed by atoms with Crippen molar-refractivity contribution in [2.24, 2.45) is 0 Å². The molecule has 0 aromatic heterocycles. The molecule has 2 atom stereocenters. The molecular weight excluding hydrogens is 379 g/mol. The molecule has 4 rings (SSSR count). The summed E-state index contributed by atoms with van der Waals surface area (Å²) in [5, 5.41) is 7.70. The van der Waals surface area contributed by atoms with Gasteiger partial charge < -0.3 is 10.6 Å². The van der Waals surface area contributed by atoms with Crippen LogP contribution in [0.15, 0.2) is 36.4 Å². The van der Waals surface area contributed by atoms with Crippen molar-refractivity contribution in [2.45, 2.75) is 50.1 Å². The van der Waals surface area contributed by atoms with Gasteiger partial charge in [0, 0.05) is 23.6 Å². The molecule has 5 heteroatoms. The normalized spacial score (nSPS) is 22.0. The van der Waals surface area contributed by atoms with Gasteiger partial charge in [-0.2, -0.15) is 0 Å². The Bertz CT molecular complexity index is 863. The highest BCUT2D eigenvalue weighted by atomic mass is 35.5. The Morgan fingerprint density at radius 2 is 1.78 bits per heavy atom. The molecular formula is C22H24Cl2N2O. The Labute approximate surface area is 170 Å². The van der Waals surface area contributed by atoms with Crippen LogP contribution in [0, 0.1) is 0 Å². The minimum atomic E-state index is 0.0361. The molecule has 2 unspecified atom stereocenters. The predicted octanol–water partition coefficient (Wildman–Crippen LogP) is 5.46. The van der Waals surface area contributed by atoms with Crippen LogP contribution in [0.4, 0.5) is 0 Å². The van der Waals surface area contributed by atoms with Crippen molar-refractivity contribution in [3.05, 3.63) is 68.7 Å². The number of fused-ring (bicyclic) bond motifs is 1. The second kappa shape index (κ2) is 7.83. The van der Waals surface area contributed by atoms with Gasteiger partial charge >= 0.3 is 0 Å². The van der Waals surface area contributed by atoms with Crippen LogP contribution in [0.5, 0.6) is 0 Å². The number of carbonyl (C=O) groups is 1. The number of hydrogen-bond acceptors (Lipinski definition) is 2.